The first-order chi connectivity index (χ1) is 11.5. The normalized spacial score (nSPS) is 11.2. The van der Waals surface area contributed by atoms with Gasteiger partial charge in [0.1, 0.15) is 17.3 Å². The van der Waals surface area contributed by atoms with Crippen LogP contribution in [0.3, 0.4) is 0 Å². The molecule has 126 valence electrons. The monoisotopic (exact) mass is 330 g/mol. The number of carboxylic acid groups (broad SMARTS) is 1. The number of aliphatic carboxylic acids is 1. The van der Waals surface area contributed by atoms with E-state index < -0.39 is 11.8 Å². The minimum absolute atomic E-state index is 0.0557. The number of carboxylic acids is 1. The third-order valence-corrected chi connectivity index (χ3v) is 3.28. The van der Waals surface area contributed by atoms with Gasteiger partial charge in [0, 0.05) is 11.6 Å². The molecule has 5 heteroatoms. The highest BCUT2D eigenvalue weighted by Crippen LogP contribution is 2.29. The minimum Gasteiger partial charge on any atom is -0.494 e. The lowest BCUT2D eigenvalue weighted by Gasteiger charge is -2.11. The van der Waals surface area contributed by atoms with Gasteiger partial charge in [0.2, 0.25) is 0 Å². The zero-order chi connectivity index (χ0) is 17.5. The third kappa shape index (κ3) is 4.35. The molecule has 0 bridgehead atoms. The van der Waals surface area contributed by atoms with Gasteiger partial charge in [0.05, 0.1) is 18.8 Å². The summed E-state index contributed by atoms with van der Waals surface area (Å²) in [5, 5.41) is 9.49. The standard InChI is InChI=1S/C19H19FO4/c1-3-23-16-10-7-14(18(12-16)24-4-2)11-17(19(21)22)13-5-8-15(20)9-6-13/h5-12H,3-4H2,1-2H3,(H,21,22)/b17-11-. The second kappa shape index (κ2) is 8.15. The largest absolute Gasteiger partial charge is 0.494 e. The Kier molecular flexibility index (Phi) is 5.95. The molecule has 0 fully saturated rings. The minimum atomic E-state index is -1.10. The van der Waals surface area contributed by atoms with Crippen LogP contribution in [-0.2, 0) is 4.79 Å². The fraction of sp³-hybridized carbons (Fsp3) is 0.211. The lowest BCUT2D eigenvalue weighted by molar-refractivity contribution is -0.130. The van der Waals surface area contributed by atoms with Gasteiger partial charge in [-0.2, -0.15) is 0 Å². The summed E-state index contributed by atoms with van der Waals surface area (Å²) in [6, 6.07) is 10.5. The number of carbonyl (C=O) groups is 1. The summed E-state index contributed by atoms with van der Waals surface area (Å²) in [6.45, 7) is 4.69. The smallest absolute Gasteiger partial charge is 0.336 e. The number of halogens is 1. The summed E-state index contributed by atoms with van der Waals surface area (Å²) in [5.74, 6) is -0.335. The van der Waals surface area contributed by atoms with E-state index in [0.717, 1.165) is 0 Å². The molecule has 0 amide bonds. The first-order valence-corrected chi connectivity index (χ1v) is 7.65. The van der Waals surface area contributed by atoms with Crippen LogP contribution in [0.1, 0.15) is 25.0 Å². The summed E-state index contributed by atoms with van der Waals surface area (Å²) in [4.78, 5) is 11.6. The van der Waals surface area contributed by atoms with Crippen molar-refractivity contribution in [1.82, 2.24) is 0 Å². The molecule has 0 aliphatic rings. The van der Waals surface area contributed by atoms with Crippen molar-refractivity contribution < 1.29 is 23.8 Å². The van der Waals surface area contributed by atoms with Gasteiger partial charge in [-0.25, -0.2) is 9.18 Å². The molecule has 0 aliphatic carbocycles. The lowest BCUT2D eigenvalue weighted by Crippen LogP contribution is -2.01. The Balaban J connectivity index is 2.48. The fourth-order valence-electron chi connectivity index (χ4n) is 2.22. The first-order valence-electron chi connectivity index (χ1n) is 7.65. The Bertz CT molecular complexity index is 736. The summed E-state index contributed by atoms with van der Waals surface area (Å²) >= 11 is 0. The Labute approximate surface area is 140 Å². The van der Waals surface area contributed by atoms with Crippen LogP contribution in [0.4, 0.5) is 4.39 Å². The quantitative estimate of drug-likeness (QED) is 0.609. The van der Waals surface area contributed by atoms with Crippen LogP contribution in [0.5, 0.6) is 11.5 Å². The van der Waals surface area contributed by atoms with Gasteiger partial charge in [-0.05, 0) is 49.8 Å². The van der Waals surface area contributed by atoms with Gasteiger partial charge in [-0.3, -0.25) is 0 Å². The number of hydrogen-bond donors (Lipinski definition) is 1. The molecule has 0 radical (unpaired) electrons. The van der Waals surface area contributed by atoms with Crippen molar-refractivity contribution in [2.75, 3.05) is 13.2 Å². The average molecular weight is 330 g/mol. The second-order valence-electron chi connectivity index (χ2n) is 4.94. The zero-order valence-corrected chi connectivity index (χ0v) is 13.6. The van der Waals surface area contributed by atoms with Crippen molar-refractivity contribution in [2.24, 2.45) is 0 Å². The summed E-state index contributed by atoms with van der Waals surface area (Å²) < 4.78 is 24.1. The molecule has 0 spiro atoms. The van der Waals surface area contributed by atoms with Gasteiger partial charge in [0.15, 0.2) is 0 Å². The summed E-state index contributed by atoms with van der Waals surface area (Å²) in [7, 11) is 0. The van der Waals surface area contributed by atoms with Crippen LogP contribution in [0.15, 0.2) is 42.5 Å². The topological polar surface area (TPSA) is 55.8 Å². The molecule has 24 heavy (non-hydrogen) atoms. The molecule has 2 aromatic carbocycles. The molecule has 2 aromatic rings. The SMILES string of the molecule is CCOc1ccc(/C=C(\C(=O)O)c2ccc(F)cc2)c(OCC)c1. The van der Waals surface area contributed by atoms with Crippen LogP contribution in [0, 0.1) is 5.82 Å². The second-order valence-corrected chi connectivity index (χ2v) is 4.94. The van der Waals surface area contributed by atoms with E-state index >= 15 is 0 Å². The average Bonchev–Trinajstić information content (AvgIpc) is 2.55. The zero-order valence-electron chi connectivity index (χ0n) is 13.6. The molecule has 0 unspecified atom stereocenters. The Morgan fingerprint density at radius 3 is 2.33 bits per heavy atom. The van der Waals surface area contributed by atoms with Crippen molar-refractivity contribution in [1.29, 1.82) is 0 Å². The summed E-state index contributed by atoms with van der Waals surface area (Å²) in [6.07, 6.45) is 1.51. The van der Waals surface area contributed by atoms with Gasteiger partial charge >= 0.3 is 5.97 Å². The van der Waals surface area contributed by atoms with Crippen LogP contribution >= 0.6 is 0 Å². The summed E-state index contributed by atoms with van der Waals surface area (Å²) in [5.41, 5.74) is 1.09. The molecule has 2 rings (SSSR count). The van der Waals surface area contributed by atoms with E-state index in [-0.39, 0.29) is 5.57 Å². The highest BCUT2D eigenvalue weighted by molar-refractivity contribution is 6.20. The van der Waals surface area contributed by atoms with E-state index in [9.17, 15) is 14.3 Å². The lowest BCUT2D eigenvalue weighted by atomic mass is 10.0. The van der Waals surface area contributed by atoms with Gasteiger partial charge in [0.25, 0.3) is 0 Å². The van der Waals surface area contributed by atoms with Crippen molar-refractivity contribution in [3.05, 3.63) is 59.4 Å². The van der Waals surface area contributed by atoms with Crippen LogP contribution in [0.2, 0.25) is 0 Å². The van der Waals surface area contributed by atoms with E-state index in [1.54, 1.807) is 18.2 Å². The number of rotatable bonds is 7. The van der Waals surface area contributed by atoms with E-state index in [1.807, 2.05) is 13.8 Å². The molecule has 0 aliphatic heterocycles. The Hall–Kier alpha value is -2.82. The molecule has 0 saturated heterocycles. The fourth-order valence-corrected chi connectivity index (χ4v) is 2.22. The maximum Gasteiger partial charge on any atom is 0.336 e. The number of ether oxygens (including phenoxy) is 2. The van der Waals surface area contributed by atoms with Crippen LogP contribution < -0.4 is 9.47 Å². The van der Waals surface area contributed by atoms with Gasteiger partial charge in [-0.15, -0.1) is 0 Å². The Morgan fingerprint density at radius 2 is 1.75 bits per heavy atom. The molecule has 1 N–H and O–H groups in total. The predicted octanol–water partition coefficient (Wildman–Crippen LogP) is 4.25. The number of hydrogen-bond acceptors (Lipinski definition) is 3. The van der Waals surface area contributed by atoms with E-state index in [2.05, 4.69) is 0 Å². The molecule has 0 saturated carbocycles. The van der Waals surface area contributed by atoms with Crippen molar-refractivity contribution in [3.8, 4) is 11.5 Å². The maximum atomic E-state index is 13.1. The highest BCUT2D eigenvalue weighted by atomic mass is 19.1. The van der Waals surface area contributed by atoms with Gasteiger partial charge in [-0.1, -0.05) is 12.1 Å². The molecule has 0 atom stereocenters. The molecule has 4 nitrogen and oxygen atoms in total. The van der Waals surface area contributed by atoms with Crippen LogP contribution in [0.25, 0.3) is 11.6 Å². The highest BCUT2D eigenvalue weighted by Gasteiger charge is 2.13. The first kappa shape index (κ1) is 17.5. The van der Waals surface area contributed by atoms with E-state index in [1.165, 1.54) is 30.3 Å². The molecule has 0 aromatic heterocycles. The van der Waals surface area contributed by atoms with Crippen molar-refractivity contribution in [3.63, 3.8) is 0 Å². The molecule has 0 heterocycles. The number of benzene rings is 2. The predicted molar refractivity (Wildman–Crippen MR) is 90.7 cm³/mol. The van der Waals surface area contributed by atoms with Crippen LogP contribution in [-0.4, -0.2) is 24.3 Å². The van der Waals surface area contributed by atoms with Gasteiger partial charge < -0.3 is 14.6 Å². The van der Waals surface area contributed by atoms with E-state index in [4.69, 9.17) is 9.47 Å². The molecular weight excluding hydrogens is 311 g/mol. The van der Waals surface area contributed by atoms with Crippen molar-refractivity contribution in [2.45, 2.75) is 13.8 Å². The van der Waals surface area contributed by atoms with E-state index in [0.29, 0.717) is 35.8 Å². The molecular formula is C19H19FO4. The Morgan fingerprint density at radius 1 is 1.08 bits per heavy atom. The third-order valence-electron chi connectivity index (χ3n) is 3.28. The maximum absolute atomic E-state index is 13.1. The van der Waals surface area contributed by atoms with Crippen molar-refractivity contribution >= 4 is 17.6 Å².